The molecule has 0 fully saturated rings. The lowest BCUT2D eigenvalue weighted by atomic mass is 10.3. The van der Waals surface area contributed by atoms with Gasteiger partial charge in [0.05, 0.1) is 17.2 Å². The van der Waals surface area contributed by atoms with Crippen LogP contribution in [-0.2, 0) is 10.0 Å². The second kappa shape index (κ2) is 5.44. The molecule has 0 heterocycles. The van der Waals surface area contributed by atoms with Crippen LogP contribution in [0.4, 0.5) is 10.1 Å². The average molecular weight is 262 g/mol. The van der Waals surface area contributed by atoms with Crippen LogP contribution in [0.25, 0.3) is 0 Å². The molecule has 1 atom stereocenters. The zero-order chi connectivity index (χ0) is 13.1. The third kappa shape index (κ3) is 3.39. The minimum absolute atomic E-state index is 0.113. The first-order chi connectivity index (χ1) is 7.90. The Labute approximate surface area is 99.5 Å². The molecule has 0 aromatic heterocycles. The molecule has 0 aliphatic heterocycles. The van der Waals surface area contributed by atoms with Gasteiger partial charge in [0.2, 0.25) is 10.0 Å². The van der Waals surface area contributed by atoms with E-state index in [1.165, 1.54) is 12.1 Å². The molecule has 1 aromatic carbocycles. The molecule has 4 N–H and O–H groups in total. The van der Waals surface area contributed by atoms with Gasteiger partial charge in [0, 0.05) is 6.04 Å². The lowest BCUT2D eigenvalue weighted by molar-refractivity contribution is 0.254. The Bertz CT molecular complexity index is 486. The van der Waals surface area contributed by atoms with Crippen molar-refractivity contribution in [1.82, 2.24) is 4.72 Å². The molecule has 1 unspecified atom stereocenters. The van der Waals surface area contributed by atoms with E-state index in [9.17, 15) is 12.8 Å². The molecule has 0 bridgehead atoms. The Hall–Kier alpha value is -1.18. The first-order valence-electron chi connectivity index (χ1n) is 5.09. The van der Waals surface area contributed by atoms with Crippen LogP contribution < -0.4 is 10.5 Å². The lowest BCUT2D eigenvalue weighted by Gasteiger charge is -2.14. The number of nitrogens with one attached hydrogen (secondary N) is 1. The highest BCUT2D eigenvalue weighted by molar-refractivity contribution is 7.89. The molecule has 17 heavy (non-hydrogen) atoms. The monoisotopic (exact) mass is 262 g/mol. The molecule has 0 saturated heterocycles. The van der Waals surface area contributed by atoms with E-state index in [0.29, 0.717) is 6.42 Å². The zero-order valence-electron chi connectivity index (χ0n) is 9.35. The minimum Gasteiger partial charge on any atom is -0.396 e. The molecule has 1 rings (SSSR count). The van der Waals surface area contributed by atoms with E-state index in [1.54, 1.807) is 6.92 Å². The van der Waals surface area contributed by atoms with Gasteiger partial charge < -0.3 is 10.8 Å². The van der Waals surface area contributed by atoms with Gasteiger partial charge in [-0.2, -0.15) is 0 Å². The van der Waals surface area contributed by atoms with Crippen molar-refractivity contribution < 1.29 is 17.9 Å². The molecule has 96 valence electrons. The highest BCUT2D eigenvalue weighted by atomic mass is 32.2. The van der Waals surface area contributed by atoms with E-state index in [4.69, 9.17) is 10.8 Å². The van der Waals surface area contributed by atoms with Crippen molar-refractivity contribution in [2.24, 2.45) is 0 Å². The topological polar surface area (TPSA) is 92.4 Å². The third-order valence-corrected chi connectivity index (χ3v) is 3.84. The summed E-state index contributed by atoms with van der Waals surface area (Å²) in [5.41, 5.74) is 5.14. The number of nitrogens with two attached hydrogens (primary N) is 1. The molecule has 7 heteroatoms. The van der Waals surface area contributed by atoms with Gasteiger partial charge in [0.25, 0.3) is 0 Å². The molecule has 0 spiro atoms. The van der Waals surface area contributed by atoms with Crippen LogP contribution in [0, 0.1) is 5.82 Å². The summed E-state index contributed by atoms with van der Waals surface area (Å²) in [6.45, 7) is 1.42. The summed E-state index contributed by atoms with van der Waals surface area (Å²) in [6, 6.07) is 2.66. The fourth-order valence-corrected chi connectivity index (χ4v) is 2.53. The van der Waals surface area contributed by atoms with Crippen molar-refractivity contribution >= 4 is 15.7 Å². The van der Waals surface area contributed by atoms with Crippen molar-refractivity contribution in [3.05, 3.63) is 24.0 Å². The minimum atomic E-state index is -3.83. The van der Waals surface area contributed by atoms with Gasteiger partial charge in [-0.05, 0) is 24.6 Å². The number of nitrogen functional groups attached to an aromatic ring is 1. The van der Waals surface area contributed by atoms with Crippen molar-refractivity contribution in [3.63, 3.8) is 0 Å². The molecule has 0 amide bonds. The Kier molecular flexibility index (Phi) is 4.44. The summed E-state index contributed by atoms with van der Waals surface area (Å²) in [5, 5.41) is 8.91. The van der Waals surface area contributed by atoms with E-state index in [0.717, 1.165) is 6.07 Å². The van der Waals surface area contributed by atoms with E-state index < -0.39 is 21.9 Å². The van der Waals surface area contributed by atoms with Gasteiger partial charge in [0.1, 0.15) is 5.82 Å². The summed E-state index contributed by atoms with van der Waals surface area (Å²) in [7, 11) is -3.83. The van der Waals surface area contributed by atoms with Crippen molar-refractivity contribution in [1.29, 1.82) is 0 Å². The molecule has 5 nitrogen and oxygen atoms in total. The predicted octanol–water partition coefficient (Wildman–Crippen LogP) is 0.457. The number of anilines is 1. The van der Waals surface area contributed by atoms with Crippen LogP contribution in [0.1, 0.15) is 13.3 Å². The highest BCUT2D eigenvalue weighted by Crippen LogP contribution is 2.16. The second-order valence-corrected chi connectivity index (χ2v) is 5.31. The van der Waals surface area contributed by atoms with Crippen molar-refractivity contribution in [3.8, 4) is 0 Å². The summed E-state index contributed by atoms with van der Waals surface area (Å²) in [5.74, 6) is -0.787. The summed E-state index contributed by atoms with van der Waals surface area (Å²) < 4.78 is 39.0. The fourth-order valence-electron chi connectivity index (χ4n) is 1.21. The van der Waals surface area contributed by atoms with Crippen LogP contribution in [0.3, 0.4) is 0 Å². The van der Waals surface area contributed by atoms with Crippen LogP contribution in [-0.4, -0.2) is 26.2 Å². The van der Waals surface area contributed by atoms with Crippen LogP contribution in [0.5, 0.6) is 0 Å². The SMILES string of the molecule is CCC(CO)NS(=O)(=O)c1ccc(N)c(F)c1. The van der Waals surface area contributed by atoms with E-state index in [1.807, 2.05) is 0 Å². The summed E-state index contributed by atoms with van der Waals surface area (Å²) in [4.78, 5) is -0.212. The maximum atomic E-state index is 13.1. The second-order valence-electron chi connectivity index (χ2n) is 3.59. The number of benzene rings is 1. The van der Waals surface area contributed by atoms with Crippen LogP contribution in [0.2, 0.25) is 0 Å². The van der Waals surface area contributed by atoms with Gasteiger partial charge in [-0.25, -0.2) is 17.5 Å². The van der Waals surface area contributed by atoms with Crippen molar-refractivity contribution in [2.45, 2.75) is 24.3 Å². The van der Waals surface area contributed by atoms with E-state index in [-0.39, 0.29) is 17.2 Å². The Morgan fingerprint density at radius 1 is 1.53 bits per heavy atom. The number of aliphatic hydroxyl groups excluding tert-OH is 1. The van der Waals surface area contributed by atoms with Crippen LogP contribution in [0.15, 0.2) is 23.1 Å². The standard InChI is InChI=1S/C10H15FN2O3S/c1-2-7(6-14)13-17(15,16)8-3-4-10(12)9(11)5-8/h3-5,7,13-14H,2,6,12H2,1H3. The predicted molar refractivity (Wildman–Crippen MR) is 62.3 cm³/mol. The molecule has 0 saturated carbocycles. The number of sulfonamides is 1. The largest absolute Gasteiger partial charge is 0.396 e. The van der Waals surface area contributed by atoms with Gasteiger partial charge >= 0.3 is 0 Å². The quantitative estimate of drug-likeness (QED) is 0.672. The van der Waals surface area contributed by atoms with Gasteiger partial charge in [0.15, 0.2) is 0 Å². The molecular formula is C10H15FN2O3S. The van der Waals surface area contributed by atoms with E-state index in [2.05, 4.69) is 4.72 Å². The molecule has 1 aromatic rings. The average Bonchev–Trinajstić information content (AvgIpc) is 2.29. The van der Waals surface area contributed by atoms with Gasteiger partial charge in [-0.3, -0.25) is 0 Å². The van der Waals surface area contributed by atoms with Crippen LogP contribution >= 0.6 is 0 Å². The highest BCUT2D eigenvalue weighted by Gasteiger charge is 2.19. The number of hydrogen-bond acceptors (Lipinski definition) is 4. The maximum absolute atomic E-state index is 13.1. The Morgan fingerprint density at radius 3 is 2.65 bits per heavy atom. The Balaban J connectivity index is 3.01. The number of hydrogen-bond donors (Lipinski definition) is 3. The maximum Gasteiger partial charge on any atom is 0.241 e. The normalized spacial score (nSPS) is 13.6. The summed E-state index contributed by atoms with van der Waals surface area (Å²) in [6.07, 6.45) is 0.438. The van der Waals surface area contributed by atoms with Crippen molar-refractivity contribution in [2.75, 3.05) is 12.3 Å². The molecule has 0 aliphatic rings. The smallest absolute Gasteiger partial charge is 0.241 e. The third-order valence-electron chi connectivity index (χ3n) is 2.32. The molecule has 0 radical (unpaired) electrons. The fraction of sp³-hybridized carbons (Fsp3) is 0.400. The Morgan fingerprint density at radius 2 is 2.18 bits per heavy atom. The van der Waals surface area contributed by atoms with E-state index >= 15 is 0 Å². The molecular weight excluding hydrogens is 247 g/mol. The molecule has 0 aliphatic carbocycles. The number of rotatable bonds is 5. The number of halogens is 1. The zero-order valence-corrected chi connectivity index (χ0v) is 10.2. The first-order valence-corrected chi connectivity index (χ1v) is 6.57. The van der Waals surface area contributed by atoms with Gasteiger partial charge in [-0.15, -0.1) is 0 Å². The number of aliphatic hydroxyl groups is 1. The lowest BCUT2D eigenvalue weighted by Crippen LogP contribution is -2.36. The van der Waals surface area contributed by atoms with Gasteiger partial charge in [-0.1, -0.05) is 6.92 Å². The first kappa shape index (κ1) is 13.9. The summed E-state index contributed by atoms with van der Waals surface area (Å²) >= 11 is 0.